The molecule has 318 valence electrons. The first-order valence-corrected chi connectivity index (χ1v) is 24.0. The van der Waals surface area contributed by atoms with E-state index >= 15 is 0 Å². The van der Waals surface area contributed by atoms with Gasteiger partial charge in [0.05, 0.1) is 5.69 Å². The third kappa shape index (κ3) is 6.14. The molecule has 10 aromatic carbocycles. The van der Waals surface area contributed by atoms with Crippen LogP contribution in [0.1, 0.15) is 0 Å². The Balaban J connectivity index is 1.00. The quantitative estimate of drug-likeness (QED) is 0.148. The van der Waals surface area contributed by atoms with E-state index in [1.807, 2.05) is 11.6 Å². The third-order valence-corrected chi connectivity index (χ3v) is 15.0. The van der Waals surface area contributed by atoms with Crippen LogP contribution in [0.25, 0.3) is 22.3 Å². The van der Waals surface area contributed by atoms with Crippen LogP contribution >= 0.6 is 11.6 Å². The normalized spacial score (nSPS) is 13.1. The smallest absolute Gasteiger partial charge is 0.431 e. The maximum Gasteiger partial charge on any atom is 0.431 e. The number of benzene rings is 10. The van der Waals surface area contributed by atoms with Gasteiger partial charge >= 0.3 is 6.92 Å². The lowest BCUT2D eigenvalue weighted by Crippen LogP contribution is -2.58. The molecule has 14 rings (SSSR count). The van der Waals surface area contributed by atoms with Crippen molar-refractivity contribution >= 4 is 97.6 Å². The molecule has 4 aliphatic rings. The molecule has 10 aromatic rings. The van der Waals surface area contributed by atoms with Crippen LogP contribution in [-0.4, -0.2) is 12.9 Å². The summed E-state index contributed by atoms with van der Waals surface area (Å²) in [5, 5.41) is 0. The van der Waals surface area contributed by atoms with Gasteiger partial charge in [-0.3, -0.25) is 0 Å². The van der Waals surface area contributed by atoms with Gasteiger partial charge < -0.3 is 24.1 Å². The van der Waals surface area contributed by atoms with Gasteiger partial charge in [-0.15, -0.1) is 0 Å². The minimum Gasteiger partial charge on any atom is -0.551 e. The fraction of sp³-hybridized carbons (Fsp3) is 0. The van der Waals surface area contributed by atoms with E-state index in [-0.39, 0.29) is 12.9 Å². The summed E-state index contributed by atoms with van der Waals surface area (Å²) in [6.45, 7) is -0.375. The fourth-order valence-corrected chi connectivity index (χ4v) is 12.1. The highest BCUT2D eigenvalue weighted by Crippen LogP contribution is 2.50. The Morgan fingerprint density at radius 3 is 1.50 bits per heavy atom. The number of hydrogen-bond acceptors (Lipinski definition) is 6. The van der Waals surface area contributed by atoms with Crippen LogP contribution in [0.15, 0.2) is 241 Å². The van der Waals surface area contributed by atoms with Crippen molar-refractivity contribution < 1.29 is 9.39 Å². The monoisotopic (exact) mass is 887 g/mol. The lowest BCUT2D eigenvalue weighted by molar-refractivity contribution is 0.488. The van der Waals surface area contributed by atoms with E-state index in [4.69, 9.17) is 9.39 Å². The van der Waals surface area contributed by atoms with E-state index in [2.05, 4.69) is 251 Å². The molecule has 0 spiro atoms. The maximum absolute atomic E-state index is 7.36. The van der Waals surface area contributed by atoms with Gasteiger partial charge in [0.15, 0.2) is 0 Å². The summed E-state index contributed by atoms with van der Waals surface area (Å²) in [4.78, 5) is 8.37. The van der Waals surface area contributed by atoms with Gasteiger partial charge in [0.1, 0.15) is 17.2 Å². The summed E-state index contributed by atoms with van der Waals surface area (Å²) in [5.74, 6) is 2.56. The van der Waals surface area contributed by atoms with Crippen LogP contribution in [-0.2, 0) is 0 Å². The lowest BCUT2D eigenvalue weighted by Gasteiger charge is -2.42. The molecular weight excluding hydrogens is 848 g/mol. The molecule has 0 bridgehead atoms. The van der Waals surface area contributed by atoms with Gasteiger partial charge in [0, 0.05) is 73.6 Å². The topological polar surface area (TPSA) is 28.2 Å². The molecule has 0 aliphatic carbocycles. The summed E-state index contributed by atoms with van der Waals surface area (Å²) >= 11 is 1.91. The van der Waals surface area contributed by atoms with E-state index in [0.717, 1.165) is 96.0 Å². The molecule has 0 fully saturated rings. The Morgan fingerprint density at radius 1 is 0.368 bits per heavy atom. The Morgan fingerprint density at radius 2 is 0.882 bits per heavy atom. The van der Waals surface area contributed by atoms with Crippen molar-refractivity contribution in [3.05, 3.63) is 237 Å². The summed E-state index contributed by atoms with van der Waals surface area (Å²) < 4.78 is 14.6. The van der Waals surface area contributed by atoms with E-state index in [0.29, 0.717) is 0 Å². The van der Waals surface area contributed by atoms with Crippen molar-refractivity contribution in [2.75, 3.05) is 14.7 Å². The van der Waals surface area contributed by atoms with Gasteiger partial charge in [-0.25, -0.2) is 0 Å². The van der Waals surface area contributed by atoms with Crippen molar-refractivity contribution in [2.45, 2.75) is 4.90 Å². The highest BCUT2D eigenvalue weighted by molar-refractivity contribution is 8.28. The summed E-state index contributed by atoms with van der Waals surface area (Å²) in [5.41, 5.74) is 18.8. The average Bonchev–Trinajstić information content (AvgIpc) is 3.40. The average molecular weight is 888 g/mol. The molecular formula is C60H39B2N3O2S. The van der Waals surface area contributed by atoms with E-state index in [1.165, 1.54) is 21.5 Å². The van der Waals surface area contributed by atoms with Gasteiger partial charge in [0.25, 0.3) is 5.99 Å². The van der Waals surface area contributed by atoms with Crippen molar-refractivity contribution in [2.24, 2.45) is 0 Å². The molecule has 0 aromatic heterocycles. The zero-order chi connectivity index (χ0) is 44.7. The molecule has 0 amide bonds. The Labute approximate surface area is 400 Å². The SMILES string of the molecule is c1ccc(N(c2ccccc2)c2cc3c4c(c2)-c2ccccc2SB4c2cc4c(cc2O3)N(c2ccccc2)c2cc(N(c3ccccc3)c3ccccc3)cc3c2B4Oc2ccccc2-3)cc1. The summed E-state index contributed by atoms with van der Waals surface area (Å²) in [7, 11) is 0. The van der Waals surface area contributed by atoms with Crippen LogP contribution in [0.4, 0.5) is 51.2 Å². The second-order valence-corrected chi connectivity index (χ2v) is 18.7. The number of hydrogen-bond donors (Lipinski definition) is 0. The molecule has 0 unspecified atom stereocenters. The summed E-state index contributed by atoms with van der Waals surface area (Å²) in [6, 6.07) is 84.6. The Kier molecular flexibility index (Phi) is 8.95. The number of fused-ring (bicyclic) bond motifs is 8. The van der Waals surface area contributed by atoms with E-state index < -0.39 is 0 Å². The first-order valence-electron chi connectivity index (χ1n) is 23.1. The maximum atomic E-state index is 7.36. The lowest BCUT2D eigenvalue weighted by atomic mass is 9.47. The molecule has 4 aliphatic heterocycles. The predicted octanol–water partition coefficient (Wildman–Crippen LogP) is 13.6. The van der Waals surface area contributed by atoms with E-state index in [1.54, 1.807) is 0 Å². The molecule has 0 saturated carbocycles. The zero-order valence-corrected chi connectivity index (χ0v) is 37.6. The Bertz CT molecular complexity index is 3500. The van der Waals surface area contributed by atoms with Gasteiger partial charge in [-0.1, -0.05) is 133 Å². The van der Waals surface area contributed by atoms with Gasteiger partial charge in [0.2, 0.25) is 0 Å². The van der Waals surface area contributed by atoms with Gasteiger partial charge in [-0.05, 0) is 124 Å². The van der Waals surface area contributed by atoms with Crippen LogP contribution in [0.3, 0.4) is 0 Å². The van der Waals surface area contributed by atoms with Crippen LogP contribution < -0.4 is 45.9 Å². The highest BCUT2D eigenvalue weighted by atomic mass is 32.2. The highest BCUT2D eigenvalue weighted by Gasteiger charge is 2.46. The molecule has 68 heavy (non-hydrogen) atoms. The molecule has 4 heterocycles. The standard InChI is InChI=1S/C60H39B2N3O2S/c1-6-20-40(21-7-1)63(41-22-8-2-9-23-41)45-34-49-47-30-16-18-32-55(47)67-61-51-38-52-56(39-53(51)65(54(36-45)59(49)61)44-28-14-5-15-29-44)66-57-37-46(35-50-48-31-17-19-33-58(48)68-62(52)60(50)57)64(42-24-10-3-11-25-42)43-26-12-4-13-27-43/h1-39H. The van der Waals surface area contributed by atoms with Crippen molar-refractivity contribution in [3.63, 3.8) is 0 Å². The predicted molar refractivity (Wildman–Crippen MR) is 284 cm³/mol. The second kappa shape index (κ2) is 15.7. The van der Waals surface area contributed by atoms with Crippen molar-refractivity contribution in [1.82, 2.24) is 0 Å². The largest absolute Gasteiger partial charge is 0.551 e. The first kappa shape index (κ1) is 38.9. The number of ether oxygens (including phenoxy) is 1. The summed E-state index contributed by atoms with van der Waals surface area (Å²) in [6.07, 6.45) is 0. The number of rotatable bonds is 7. The molecule has 8 heteroatoms. The molecule has 0 saturated heterocycles. The molecule has 5 nitrogen and oxygen atoms in total. The van der Waals surface area contributed by atoms with Crippen LogP contribution in [0.2, 0.25) is 0 Å². The number of anilines is 9. The van der Waals surface area contributed by atoms with Crippen LogP contribution in [0.5, 0.6) is 17.2 Å². The second-order valence-electron chi connectivity index (χ2n) is 17.6. The fourth-order valence-electron chi connectivity index (χ4n) is 10.8. The molecule has 0 atom stereocenters. The first-order chi connectivity index (χ1) is 33.7. The van der Waals surface area contributed by atoms with Crippen LogP contribution in [0, 0.1) is 0 Å². The molecule has 0 N–H and O–H groups in total. The van der Waals surface area contributed by atoms with Gasteiger partial charge in [-0.2, -0.15) is 11.6 Å². The number of para-hydroxylation sites is 6. The Hall–Kier alpha value is -8.32. The minimum atomic E-state index is -0.375. The third-order valence-electron chi connectivity index (χ3n) is 13.7. The molecule has 0 radical (unpaired) electrons. The van der Waals surface area contributed by atoms with Crippen molar-refractivity contribution in [3.8, 4) is 39.5 Å². The number of nitrogens with zero attached hydrogens (tertiary/aromatic N) is 3. The zero-order valence-electron chi connectivity index (χ0n) is 36.7. The minimum absolute atomic E-state index is 0.0190. The van der Waals surface area contributed by atoms with E-state index in [9.17, 15) is 0 Å². The van der Waals surface area contributed by atoms with Crippen molar-refractivity contribution in [1.29, 1.82) is 0 Å².